The van der Waals surface area contributed by atoms with Crippen molar-refractivity contribution in [2.24, 2.45) is 11.7 Å². The molecule has 0 spiro atoms. The van der Waals surface area contributed by atoms with Crippen LogP contribution in [0.5, 0.6) is 0 Å². The van der Waals surface area contributed by atoms with E-state index in [0.29, 0.717) is 6.54 Å². The van der Waals surface area contributed by atoms with Crippen LogP contribution in [0.4, 0.5) is 4.79 Å². The minimum atomic E-state index is -0.506. The minimum Gasteiger partial charge on any atom is -0.444 e. The molecule has 2 fully saturated rings. The molecule has 6 heteroatoms. The van der Waals surface area contributed by atoms with Crippen molar-refractivity contribution in [3.05, 3.63) is 0 Å². The van der Waals surface area contributed by atoms with Crippen molar-refractivity contribution >= 4 is 12.0 Å². The highest BCUT2D eigenvalue weighted by Gasteiger charge is 2.42. The van der Waals surface area contributed by atoms with Gasteiger partial charge in [-0.25, -0.2) is 4.79 Å². The first-order valence-corrected chi connectivity index (χ1v) is 9.16. The molecule has 1 aliphatic carbocycles. The molecular formula is C18H33N3O3. The Morgan fingerprint density at radius 1 is 1.17 bits per heavy atom. The highest BCUT2D eigenvalue weighted by molar-refractivity contribution is 5.82. The molecule has 0 radical (unpaired) electrons. The molecule has 1 aliphatic heterocycles. The number of likely N-dealkylation sites (tertiary alicyclic amines) is 1. The van der Waals surface area contributed by atoms with E-state index in [9.17, 15) is 9.59 Å². The van der Waals surface area contributed by atoms with Crippen LogP contribution < -0.4 is 5.73 Å². The lowest BCUT2D eigenvalue weighted by atomic mass is 9.99. The average Bonchev–Trinajstić information content (AvgIpc) is 3.29. The largest absolute Gasteiger partial charge is 0.444 e. The van der Waals surface area contributed by atoms with Crippen LogP contribution in [0.25, 0.3) is 0 Å². The predicted octanol–water partition coefficient (Wildman–Crippen LogP) is 2.36. The van der Waals surface area contributed by atoms with Crippen molar-refractivity contribution < 1.29 is 14.3 Å². The van der Waals surface area contributed by atoms with Crippen molar-refractivity contribution in [3.63, 3.8) is 0 Å². The van der Waals surface area contributed by atoms with Gasteiger partial charge >= 0.3 is 6.09 Å². The highest BCUT2D eigenvalue weighted by Crippen LogP contribution is 2.33. The fraction of sp³-hybridized carbons (Fsp3) is 0.889. The lowest BCUT2D eigenvalue weighted by molar-refractivity contribution is -0.135. The Labute approximate surface area is 145 Å². The Balaban J connectivity index is 2.05. The van der Waals surface area contributed by atoms with Crippen LogP contribution in [0.2, 0.25) is 0 Å². The van der Waals surface area contributed by atoms with E-state index in [1.807, 2.05) is 44.4 Å². The van der Waals surface area contributed by atoms with Gasteiger partial charge in [-0.05, 0) is 52.4 Å². The maximum absolute atomic E-state index is 12.6. The number of hydrogen-bond donors (Lipinski definition) is 1. The Hall–Kier alpha value is -1.30. The molecule has 0 aromatic carbocycles. The molecule has 2 unspecified atom stereocenters. The molecule has 0 aromatic heterocycles. The minimum absolute atomic E-state index is 0.00497. The summed E-state index contributed by atoms with van der Waals surface area (Å²) < 4.78 is 5.59. The summed E-state index contributed by atoms with van der Waals surface area (Å²) in [6.07, 6.45) is 3.60. The van der Waals surface area contributed by atoms with Gasteiger partial charge in [-0.1, -0.05) is 13.8 Å². The second-order valence-electron chi connectivity index (χ2n) is 8.47. The van der Waals surface area contributed by atoms with Gasteiger partial charge in [0.05, 0.1) is 12.1 Å². The number of piperidine rings is 1. The first-order valence-electron chi connectivity index (χ1n) is 9.16. The van der Waals surface area contributed by atoms with Gasteiger partial charge in [-0.3, -0.25) is 4.79 Å². The van der Waals surface area contributed by atoms with Crippen molar-refractivity contribution in [1.29, 1.82) is 0 Å². The van der Waals surface area contributed by atoms with Gasteiger partial charge in [0.25, 0.3) is 0 Å². The summed E-state index contributed by atoms with van der Waals surface area (Å²) in [6.45, 7) is 10.9. The third-order valence-electron chi connectivity index (χ3n) is 4.65. The molecule has 24 heavy (non-hydrogen) atoms. The lowest BCUT2D eigenvalue weighted by Crippen LogP contribution is -2.56. The zero-order valence-corrected chi connectivity index (χ0v) is 15.7. The number of amides is 2. The van der Waals surface area contributed by atoms with E-state index in [0.717, 1.165) is 32.2 Å². The topological polar surface area (TPSA) is 75.9 Å². The molecule has 1 saturated heterocycles. The van der Waals surface area contributed by atoms with Crippen LogP contribution in [0, 0.1) is 5.92 Å². The number of carbonyl (C=O) groups is 2. The number of hydrogen-bond acceptors (Lipinski definition) is 4. The zero-order valence-electron chi connectivity index (χ0n) is 15.7. The van der Waals surface area contributed by atoms with Crippen molar-refractivity contribution in [2.75, 3.05) is 13.1 Å². The normalized spacial score (nSPS) is 23.1. The van der Waals surface area contributed by atoms with Crippen LogP contribution in [0.3, 0.4) is 0 Å². The molecule has 6 nitrogen and oxygen atoms in total. The summed E-state index contributed by atoms with van der Waals surface area (Å²) in [7, 11) is 0. The van der Waals surface area contributed by atoms with Gasteiger partial charge < -0.3 is 20.3 Å². The van der Waals surface area contributed by atoms with E-state index in [2.05, 4.69) is 0 Å². The van der Waals surface area contributed by atoms with Crippen LogP contribution in [0.1, 0.15) is 60.3 Å². The summed E-state index contributed by atoms with van der Waals surface area (Å²) in [5.74, 6) is 0.109. The fourth-order valence-electron chi connectivity index (χ4n) is 3.14. The number of nitrogens with two attached hydrogens (primary N) is 1. The van der Waals surface area contributed by atoms with E-state index >= 15 is 0 Å². The summed E-state index contributed by atoms with van der Waals surface area (Å²) >= 11 is 0. The Morgan fingerprint density at radius 2 is 1.79 bits per heavy atom. The van der Waals surface area contributed by atoms with Gasteiger partial charge in [-0.2, -0.15) is 0 Å². The number of nitrogens with zero attached hydrogens (tertiary/aromatic N) is 2. The molecule has 138 valence electrons. The first-order chi connectivity index (χ1) is 11.1. The second-order valence-corrected chi connectivity index (χ2v) is 8.47. The van der Waals surface area contributed by atoms with Gasteiger partial charge in [0.1, 0.15) is 5.60 Å². The molecule has 2 N–H and O–H groups in total. The lowest BCUT2D eigenvalue weighted by Gasteiger charge is -2.41. The van der Waals surface area contributed by atoms with Gasteiger partial charge in [0.15, 0.2) is 0 Å². The van der Waals surface area contributed by atoms with Gasteiger partial charge in [0.2, 0.25) is 5.91 Å². The Bertz CT molecular complexity index is 469. The summed E-state index contributed by atoms with van der Waals surface area (Å²) in [6, 6.07) is -0.178. The van der Waals surface area contributed by atoms with Crippen molar-refractivity contribution in [2.45, 2.75) is 84.0 Å². The van der Waals surface area contributed by atoms with E-state index in [1.165, 1.54) is 0 Å². The van der Waals surface area contributed by atoms with E-state index < -0.39 is 11.6 Å². The summed E-state index contributed by atoms with van der Waals surface area (Å²) in [4.78, 5) is 28.9. The molecule has 2 aliphatic rings. The molecule has 2 atom stereocenters. The predicted molar refractivity (Wildman–Crippen MR) is 93.5 cm³/mol. The smallest absolute Gasteiger partial charge is 0.410 e. The van der Waals surface area contributed by atoms with E-state index in [-0.39, 0.29) is 30.0 Å². The molecular weight excluding hydrogens is 306 g/mol. The molecule has 0 aromatic rings. The van der Waals surface area contributed by atoms with Gasteiger partial charge in [-0.15, -0.1) is 0 Å². The number of carbonyl (C=O) groups excluding carboxylic acids is 2. The average molecular weight is 339 g/mol. The molecule has 2 rings (SSSR count). The van der Waals surface area contributed by atoms with Crippen molar-refractivity contribution in [1.82, 2.24) is 9.80 Å². The third-order valence-corrected chi connectivity index (χ3v) is 4.65. The van der Waals surface area contributed by atoms with Crippen molar-refractivity contribution in [3.8, 4) is 0 Å². The van der Waals surface area contributed by atoms with Crippen LogP contribution >= 0.6 is 0 Å². The van der Waals surface area contributed by atoms with E-state index in [1.54, 1.807) is 0 Å². The molecule has 1 heterocycles. The third kappa shape index (κ3) is 4.85. The first kappa shape index (κ1) is 19.0. The van der Waals surface area contributed by atoms with Gasteiger partial charge in [0, 0.05) is 19.1 Å². The zero-order chi connectivity index (χ0) is 18.1. The second kappa shape index (κ2) is 7.30. The Morgan fingerprint density at radius 3 is 2.29 bits per heavy atom. The fourth-order valence-corrected chi connectivity index (χ4v) is 3.14. The molecule has 2 amide bonds. The summed E-state index contributed by atoms with van der Waals surface area (Å²) in [5, 5.41) is 0. The standard InChI is InChI=1S/C18H33N3O3/c1-12(2)15(19)16(22)20-10-6-7-14(11-20)21(13-8-9-13)17(23)24-18(3,4)5/h12-15H,6-11,19H2,1-5H3. The SMILES string of the molecule is CC(C)C(N)C(=O)N1CCCC(N(C(=O)OC(C)(C)C)C2CC2)C1. The summed E-state index contributed by atoms with van der Waals surface area (Å²) in [5.41, 5.74) is 5.53. The number of rotatable bonds is 4. The Kier molecular flexibility index (Phi) is 5.78. The van der Waals surface area contributed by atoms with Crippen LogP contribution in [-0.2, 0) is 9.53 Å². The molecule has 1 saturated carbocycles. The monoisotopic (exact) mass is 339 g/mol. The maximum Gasteiger partial charge on any atom is 0.410 e. The van der Waals surface area contributed by atoms with E-state index in [4.69, 9.17) is 10.5 Å². The maximum atomic E-state index is 12.6. The van der Waals surface area contributed by atoms with Crippen LogP contribution in [0.15, 0.2) is 0 Å². The number of ether oxygens (including phenoxy) is 1. The van der Waals surface area contributed by atoms with Crippen LogP contribution in [-0.4, -0.2) is 58.6 Å². The molecule has 0 bridgehead atoms. The quantitative estimate of drug-likeness (QED) is 0.853. The highest BCUT2D eigenvalue weighted by atomic mass is 16.6.